The van der Waals surface area contributed by atoms with Gasteiger partial charge in [0.1, 0.15) is 22.3 Å². The van der Waals surface area contributed by atoms with Crippen LogP contribution in [0.25, 0.3) is 0 Å². The number of ether oxygens (including phenoxy) is 1. The van der Waals surface area contributed by atoms with E-state index in [9.17, 15) is 4.39 Å². The van der Waals surface area contributed by atoms with Crippen LogP contribution in [0.1, 0.15) is 5.56 Å². The zero-order valence-corrected chi connectivity index (χ0v) is 12.7. The molecule has 2 rings (SSSR count). The summed E-state index contributed by atoms with van der Waals surface area (Å²) in [5.41, 5.74) is 6.04. The van der Waals surface area contributed by atoms with Gasteiger partial charge < -0.3 is 10.5 Å². The van der Waals surface area contributed by atoms with Gasteiger partial charge in [-0.2, -0.15) is 0 Å². The van der Waals surface area contributed by atoms with E-state index < -0.39 is 5.82 Å². The summed E-state index contributed by atoms with van der Waals surface area (Å²) < 4.78 is 19.4. The Bertz CT molecular complexity index is 630. The average molecular weight is 361 g/mol. The number of hydrogen-bond acceptors (Lipinski definition) is 2. The smallest absolute Gasteiger partial charge is 0.139 e. The van der Waals surface area contributed by atoms with Crippen LogP contribution in [0.4, 0.5) is 4.39 Å². The van der Waals surface area contributed by atoms with Gasteiger partial charge >= 0.3 is 0 Å². The maximum atomic E-state index is 13.3. The molecule has 2 aromatic rings. The Morgan fingerprint density at radius 3 is 2.68 bits per heavy atom. The minimum atomic E-state index is -0.414. The maximum Gasteiger partial charge on any atom is 0.139 e. The van der Waals surface area contributed by atoms with E-state index in [1.807, 2.05) is 0 Å². The Balaban J connectivity index is 2.43. The third-order valence-corrected chi connectivity index (χ3v) is 3.26. The molecule has 2 aromatic carbocycles. The first-order valence-electron chi connectivity index (χ1n) is 5.19. The molecule has 0 aromatic heterocycles. The van der Waals surface area contributed by atoms with E-state index in [2.05, 4.69) is 15.9 Å². The Kier molecular flexibility index (Phi) is 4.39. The van der Waals surface area contributed by atoms with E-state index in [1.165, 1.54) is 12.1 Å². The van der Waals surface area contributed by atoms with Gasteiger partial charge in [0, 0.05) is 10.5 Å². The standard InChI is InChI=1S/C13H8BrClFNOS/c14-7-4-8(16)6-9(5-7)18-11-3-1-2-10(15)12(11)13(17)19/h1-6H,(H2,17,19). The zero-order chi connectivity index (χ0) is 14.0. The fourth-order valence-electron chi connectivity index (χ4n) is 1.54. The molecule has 0 spiro atoms. The largest absolute Gasteiger partial charge is 0.456 e. The highest BCUT2D eigenvalue weighted by molar-refractivity contribution is 9.10. The molecule has 0 unspecified atom stereocenters. The molecule has 0 atom stereocenters. The van der Waals surface area contributed by atoms with Gasteiger partial charge in [0.25, 0.3) is 0 Å². The Hall–Kier alpha value is -1.17. The van der Waals surface area contributed by atoms with Gasteiger partial charge in [0.2, 0.25) is 0 Å². The van der Waals surface area contributed by atoms with Gasteiger partial charge in [0.05, 0.1) is 10.6 Å². The van der Waals surface area contributed by atoms with Crippen molar-refractivity contribution in [2.45, 2.75) is 0 Å². The zero-order valence-electron chi connectivity index (χ0n) is 9.49. The molecule has 6 heteroatoms. The minimum absolute atomic E-state index is 0.121. The molecule has 98 valence electrons. The molecule has 0 aliphatic rings. The molecule has 0 aliphatic carbocycles. The first-order valence-corrected chi connectivity index (χ1v) is 6.77. The lowest BCUT2D eigenvalue weighted by atomic mass is 10.2. The number of benzene rings is 2. The lowest BCUT2D eigenvalue weighted by molar-refractivity contribution is 0.475. The topological polar surface area (TPSA) is 35.2 Å². The molecule has 0 saturated heterocycles. The van der Waals surface area contributed by atoms with Gasteiger partial charge in [-0.15, -0.1) is 0 Å². The van der Waals surface area contributed by atoms with Crippen molar-refractivity contribution in [2.24, 2.45) is 5.73 Å². The number of halogens is 3. The van der Waals surface area contributed by atoms with Crippen LogP contribution in [0.15, 0.2) is 40.9 Å². The second-order valence-electron chi connectivity index (χ2n) is 3.68. The van der Waals surface area contributed by atoms with E-state index in [4.69, 9.17) is 34.3 Å². The molecule has 19 heavy (non-hydrogen) atoms. The van der Waals surface area contributed by atoms with Crippen molar-refractivity contribution in [3.8, 4) is 11.5 Å². The number of rotatable bonds is 3. The van der Waals surface area contributed by atoms with Crippen molar-refractivity contribution in [1.82, 2.24) is 0 Å². The van der Waals surface area contributed by atoms with Crippen LogP contribution in [0.5, 0.6) is 11.5 Å². The Morgan fingerprint density at radius 2 is 2.05 bits per heavy atom. The summed E-state index contributed by atoms with van der Waals surface area (Å²) in [5, 5.41) is 0.389. The molecular formula is C13H8BrClFNOS. The highest BCUT2D eigenvalue weighted by atomic mass is 79.9. The molecular weight excluding hydrogens is 353 g/mol. The van der Waals surface area contributed by atoms with Crippen molar-refractivity contribution in [3.05, 3.63) is 57.3 Å². The summed E-state index contributed by atoms with van der Waals surface area (Å²) in [6.45, 7) is 0. The van der Waals surface area contributed by atoms with Crippen molar-refractivity contribution in [2.75, 3.05) is 0 Å². The molecule has 0 fully saturated rings. The third-order valence-electron chi connectivity index (χ3n) is 2.29. The second kappa shape index (κ2) is 5.86. The quantitative estimate of drug-likeness (QED) is 0.808. The summed E-state index contributed by atoms with van der Waals surface area (Å²) in [5.74, 6) is 0.299. The predicted molar refractivity (Wildman–Crippen MR) is 81.5 cm³/mol. The number of hydrogen-bond donors (Lipinski definition) is 1. The summed E-state index contributed by atoms with van der Waals surface area (Å²) >= 11 is 14.1. The van der Waals surface area contributed by atoms with Crippen LogP contribution in [-0.2, 0) is 0 Å². The molecule has 2 nitrogen and oxygen atoms in total. The number of nitrogens with two attached hydrogens (primary N) is 1. The van der Waals surface area contributed by atoms with E-state index in [0.717, 1.165) is 0 Å². The van der Waals surface area contributed by atoms with Gasteiger partial charge in [-0.1, -0.05) is 45.8 Å². The molecule has 2 N–H and O–H groups in total. The highest BCUT2D eigenvalue weighted by Crippen LogP contribution is 2.31. The van der Waals surface area contributed by atoms with Crippen LogP contribution in [0.3, 0.4) is 0 Å². The van der Waals surface area contributed by atoms with Crippen LogP contribution in [0.2, 0.25) is 5.02 Å². The van der Waals surface area contributed by atoms with E-state index in [-0.39, 0.29) is 4.99 Å². The fourth-order valence-corrected chi connectivity index (χ4v) is 2.52. The predicted octanol–water partition coefficient (Wildman–Crippen LogP) is 4.67. The van der Waals surface area contributed by atoms with E-state index >= 15 is 0 Å². The van der Waals surface area contributed by atoms with Crippen LogP contribution in [-0.4, -0.2) is 4.99 Å². The van der Waals surface area contributed by atoms with Gasteiger partial charge in [-0.25, -0.2) is 4.39 Å². The molecule has 0 amide bonds. The SMILES string of the molecule is NC(=S)c1c(Cl)cccc1Oc1cc(F)cc(Br)c1. The summed E-state index contributed by atoms with van der Waals surface area (Å²) in [7, 11) is 0. The summed E-state index contributed by atoms with van der Waals surface area (Å²) in [6, 6.07) is 9.25. The van der Waals surface area contributed by atoms with Crippen molar-refractivity contribution in [1.29, 1.82) is 0 Å². The lowest BCUT2D eigenvalue weighted by Gasteiger charge is -2.12. The van der Waals surface area contributed by atoms with Crippen molar-refractivity contribution >= 4 is 44.7 Å². The van der Waals surface area contributed by atoms with Crippen molar-refractivity contribution in [3.63, 3.8) is 0 Å². The molecule has 0 aliphatic heterocycles. The van der Waals surface area contributed by atoms with E-state index in [0.29, 0.717) is 26.6 Å². The number of thiocarbonyl (C=S) groups is 1. The highest BCUT2D eigenvalue weighted by Gasteiger charge is 2.12. The summed E-state index contributed by atoms with van der Waals surface area (Å²) in [4.78, 5) is 0.121. The average Bonchev–Trinajstić information content (AvgIpc) is 2.26. The fraction of sp³-hybridized carbons (Fsp3) is 0. The minimum Gasteiger partial charge on any atom is -0.456 e. The van der Waals surface area contributed by atoms with Crippen molar-refractivity contribution < 1.29 is 9.13 Å². The molecule has 0 heterocycles. The first-order chi connectivity index (χ1) is 8.97. The van der Waals surface area contributed by atoms with Gasteiger partial charge in [-0.05, 0) is 24.3 Å². The van der Waals surface area contributed by atoms with Gasteiger partial charge in [0.15, 0.2) is 0 Å². The summed E-state index contributed by atoms with van der Waals surface area (Å²) in [6.07, 6.45) is 0. The van der Waals surface area contributed by atoms with Gasteiger partial charge in [-0.3, -0.25) is 0 Å². The normalized spacial score (nSPS) is 10.3. The third kappa shape index (κ3) is 3.43. The lowest BCUT2D eigenvalue weighted by Crippen LogP contribution is -2.11. The Labute approximate surface area is 128 Å². The van der Waals surface area contributed by atoms with Crippen LogP contribution >= 0.6 is 39.7 Å². The molecule has 0 saturated carbocycles. The molecule has 0 bridgehead atoms. The first kappa shape index (κ1) is 14.2. The monoisotopic (exact) mass is 359 g/mol. The van der Waals surface area contributed by atoms with Crippen LogP contribution < -0.4 is 10.5 Å². The second-order valence-corrected chi connectivity index (χ2v) is 5.45. The van der Waals surface area contributed by atoms with Crippen LogP contribution in [0, 0.1) is 5.82 Å². The maximum absolute atomic E-state index is 13.3. The Morgan fingerprint density at radius 1 is 1.32 bits per heavy atom. The molecule has 0 radical (unpaired) electrons. The van der Waals surface area contributed by atoms with E-state index in [1.54, 1.807) is 24.3 Å².